The molecule has 0 fully saturated rings. The highest BCUT2D eigenvalue weighted by molar-refractivity contribution is 5.20. The predicted molar refractivity (Wildman–Crippen MR) is 59.6 cm³/mol. The van der Waals surface area contributed by atoms with Crippen molar-refractivity contribution in [3.63, 3.8) is 0 Å². The molecule has 1 aromatic carbocycles. The molecule has 0 aromatic heterocycles. The van der Waals surface area contributed by atoms with Gasteiger partial charge < -0.3 is 10.1 Å². The zero-order valence-electron chi connectivity index (χ0n) is 10.2. The molecule has 7 heteroatoms. The zero-order chi connectivity index (χ0) is 14.5. The molecule has 0 bridgehead atoms. The van der Waals surface area contributed by atoms with E-state index in [0.29, 0.717) is 5.56 Å². The lowest BCUT2D eigenvalue weighted by Crippen LogP contribution is -2.26. The van der Waals surface area contributed by atoms with Crippen LogP contribution in [0.1, 0.15) is 18.5 Å². The van der Waals surface area contributed by atoms with Gasteiger partial charge in [0.05, 0.1) is 6.61 Å². The van der Waals surface area contributed by atoms with Crippen LogP contribution in [-0.4, -0.2) is 25.9 Å². The fourth-order valence-electron chi connectivity index (χ4n) is 1.44. The van der Waals surface area contributed by atoms with Gasteiger partial charge in [0.25, 0.3) is 0 Å². The van der Waals surface area contributed by atoms with E-state index in [1.54, 1.807) is 6.92 Å². The lowest BCUT2D eigenvalue weighted by atomic mass is 10.1. The Balaban J connectivity index is 2.31. The minimum atomic E-state index is -4.34. The highest BCUT2D eigenvalue weighted by atomic mass is 19.4. The maximum absolute atomic E-state index is 13.0. The summed E-state index contributed by atoms with van der Waals surface area (Å²) < 4.78 is 65.4. The molecule has 0 saturated carbocycles. The lowest BCUT2D eigenvalue weighted by molar-refractivity contribution is -0.173. The summed E-state index contributed by atoms with van der Waals surface area (Å²) in [6.07, 6.45) is -4.34. The number of benzene rings is 1. The van der Waals surface area contributed by atoms with Crippen molar-refractivity contribution in [3.05, 3.63) is 35.4 Å². The molecule has 1 atom stereocenters. The molecular weight excluding hydrogens is 269 g/mol. The molecular formula is C12H14F5NO. The average molecular weight is 283 g/mol. The molecule has 1 N–H and O–H groups in total. The van der Waals surface area contributed by atoms with Gasteiger partial charge in [-0.2, -0.15) is 13.2 Å². The third kappa shape index (κ3) is 5.98. The van der Waals surface area contributed by atoms with Crippen molar-refractivity contribution in [2.24, 2.45) is 0 Å². The number of halogens is 5. The maximum atomic E-state index is 13.0. The van der Waals surface area contributed by atoms with Gasteiger partial charge >= 0.3 is 6.18 Å². The summed E-state index contributed by atoms with van der Waals surface area (Å²) in [5.74, 6) is -1.90. The summed E-state index contributed by atoms with van der Waals surface area (Å²) >= 11 is 0. The van der Waals surface area contributed by atoms with Gasteiger partial charge in [-0.05, 0) is 24.6 Å². The fraction of sp³-hybridized carbons (Fsp3) is 0.500. The maximum Gasteiger partial charge on any atom is 0.411 e. The molecule has 0 radical (unpaired) electrons. The van der Waals surface area contributed by atoms with Gasteiger partial charge in [-0.1, -0.05) is 6.07 Å². The van der Waals surface area contributed by atoms with Gasteiger partial charge in [0, 0.05) is 12.6 Å². The lowest BCUT2D eigenvalue weighted by Gasteiger charge is -2.15. The molecule has 0 aliphatic heterocycles. The predicted octanol–water partition coefficient (Wildman–Crippen LogP) is 3.19. The van der Waals surface area contributed by atoms with Crippen molar-refractivity contribution < 1.29 is 26.7 Å². The summed E-state index contributed by atoms with van der Waals surface area (Å²) in [6, 6.07) is 3.14. The molecule has 2 nitrogen and oxygen atoms in total. The SMILES string of the molecule is CC(NCCOCC(F)(F)F)c1ccc(F)c(F)c1. The zero-order valence-corrected chi connectivity index (χ0v) is 10.2. The van der Waals surface area contributed by atoms with E-state index >= 15 is 0 Å². The number of alkyl halides is 3. The van der Waals surface area contributed by atoms with Crippen molar-refractivity contribution in [2.45, 2.75) is 19.1 Å². The Morgan fingerprint density at radius 3 is 2.47 bits per heavy atom. The third-order valence-electron chi connectivity index (χ3n) is 2.41. The van der Waals surface area contributed by atoms with E-state index in [-0.39, 0.29) is 19.2 Å². The van der Waals surface area contributed by atoms with E-state index < -0.39 is 24.4 Å². The van der Waals surface area contributed by atoms with Crippen LogP contribution in [0.5, 0.6) is 0 Å². The average Bonchev–Trinajstić information content (AvgIpc) is 2.30. The molecule has 0 aliphatic rings. The number of nitrogens with one attached hydrogen (secondary N) is 1. The van der Waals surface area contributed by atoms with Crippen LogP contribution in [0.25, 0.3) is 0 Å². The van der Waals surface area contributed by atoms with Crippen LogP contribution in [0.4, 0.5) is 22.0 Å². The van der Waals surface area contributed by atoms with Crippen LogP contribution in [-0.2, 0) is 4.74 Å². The van der Waals surface area contributed by atoms with Crippen molar-refractivity contribution in [1.82, 2.24) is 5.32 Å². The molecule has 0 aliphatic carbocycles. The van der Waals surface area contributed by atoms with E-state index in [0.717, 1.165) is 12.1 Å². The Kier molecular flexibility index (Phi) is 5.68. The van der Waals surface area contributed by atoms with Crippen molar-refractivity contribution in [1.29, 1.82) is 0 Å². The van der Waals surface area contributed by atoms with Gasteiger partial charge in [0.2, 0.25) is 0 Å². The molecule has 1 aromatic rings. The Hall–Kier alpha value is -1.21. The van der Waals surface area contributed by atoms with Gasteiger partial charge in [0.1, 0.15) is 6.61 Å². The first-order chi connectivity index (χ1) is 8.79. The van der Waals surface area contributed by atoms with Crippen LogP contribution in [0, 0.1) is 11.6 Å². The number of hydrogen-bond acceptors (Lipinski definition) is 2. The van der Waals surface area contributed by atoms with Crippen molar-refractivity contribution in [2.75, 3.05) is 19.8 Å². The normalized spacial score (nSPS) is 13.6. The third-order valence-corrected chi connectivity index (χ3v) is 2.41. The molecule has 0 amide bonds. The second-order valence-corrected chi connectivity index (χ2v) is 4.02. The minimum Gasteiger partial charge on any atom is -0.371 e. The summed E-state index contributed by atoms with van der Waals surface area (Å²) in [4.78, 5) is 0. The molecule has 0 spiro atoms. The first-order valence-electron chi connectivity index (χ1n) is 5.62. The van der Waals surface area contributed by atoms with Crippen LogP contribution >= 0.6 is 0 Å². The Morgan fingerprint density at radius 1 is 1.21 bits per heavy atom. The number of ether oxygens (including phenoxy) is 1. The highest BCUT2D eigenvalue weighted by Gasteiger charge is 2.27. The summed E-state index contributed by atoms with van der Waals surface area (Å²) in [5.41, 5.74) is 0.509. The van der Waals surface area contributed by atoms with Crippen molar-refractivity contribution in [3.8, 4) is 0 Å². The Labute approximate surface area is 107 Å². The molecule has 0 heterocycles. The van der Waals surface area contributed by atoms with Gasteiger partial charge in [-0.15, -0.1) is 0 Å². The molecule has 19 heavy (non-hydrogen) atoms. The molecule has 0 saturated heterocycles. The largest absolute Gasteiger partial charge is 0.411 e. The van der Waals surface area contributed by atoms with Crippen LogP contribution in [0.2, 0.25) is 0 Å². The second kappa shape index (κ2) is 6.81. The van der Waals surface area contributed by atoms with Gasteiger partial charge in [0.15, 0.2) is 11.6 Å². The first kappa shape index (κ1) is 15.8. The monoisotopic (exact) mass is 283 g/mol. The van der Waals surface area contributed by atoms with Crippen LogP contribution < -0.4 is 5.32 Å². The smallest absolute Gasteiger partial charge is 0.371 e. The second-order valence-electron chi connectivity index (χ2n) is 4.02. The van der Waals surface area contributed by atoms with E-state index in [1.807, 2.05) is 0 Å². The van der Waals surface area contributed by atoms with Gasteiger partial charge in [-0.3, -0.25) is 0 Å². The summed E-state index contributed by atoms with van der Waals surface area (Å²) in [5, 5.41) is 2.85. The minimum absolute atomic E-state index is 0.118. The first-order valence-corrected chi connectivity index (χ1v) is 5.62. The summed E-state index contributed by atoms with van der Waals surface area (Å²) in [7, 11) is 0. The topological polar surface area (TPSA) is 21.3 Å². The highest BCUT2D eigenvalue weighted by Crippen LogP contribution is 2.16. The standard InChI is InChI=1S/C12H14F5NO/c1-8(9-2-3-10(13)11(14)6-9)18-4-5-19-7-12(15,16)17/h2-3,6,8,18H,4-5,7H2,1H3. The van der Waals surface area contributed by atoms with Crippen LogP contribution in [0.15, 0.2) is 18.2 Å². The van der Waals surface area contributed by atoms with E-state index in [2.05, 4.69) is 10.1 Å². The molecule has 1 rings (SSSR count). The quantitative estimate of drug-likeness (QED) is 0.639. The number of rotatable bonds is 6. The van der Waals surface area contributed by atoms with E-state index in [9.17, 15) is 22.0 Å². The van der Waals surface area contributed by atoms with Crippen molar-refractivity contribution >= 4 is 0 Å². The van der Waals surface area contributed by atoms with Crippen LogP contribution in [0.3, 0.4) is 0 Å². The fourth-order valence-corrected chi connectivity index (χ4v) is 1.44. The molecule has 108 valence electrons. The van der Waals surface area contributed by atoms with E-state index in [1.165, 1.54) is 6.07 Å². The molecule has 1 unspecified atom stereocenters. The summed E-state index contributed by atoms with van der Waals surface area (Å²) in [6.45, 7) is 0.453. The number of hydrogen-bond donors (Lipinski definition) is 1. The Bertz CT molecular complexity index is 408. The van der Waals surface area contributed by atoms with E-state index in [4.69, 9.17) is 0 Å². The van der Waals surface area contributed by atoms with Gasteiger partial charge in [-0.25, -0.2) is 8.78 Å². The Morgan fingerprint density at radius 2 is 1.89 bits per heavy atom.